The number of ether oxygens (including phenoxy) is 1. The minimum Gasteiger partial charge on any atom is -0.483 e. The van der Waals surface area contributed by atoms with Gasteiger partial charge in [0.05, 0.1) is 18.2 Å². The maximum Gasteiger partial charge on any atom is 0.317 e. The molecule has 0 aromatic carbocycles. The molecule has 3 N–H and O–H groups in total. The summed E-state index contributed by atoms with van der Waals surface area (Å²) in [4.78, 5) is 34.1. The van der Waals surface area contributed by atoms with Gasteiger partial charge in [-0.3, -0.25) is 19.3 Å². The fraction of sp³-hybridized carbons (Fsp3) is 0.850. The van der Waals surface area contributed by atoms with Gasteiger partial charge in [0.15, 0.2) is 0 Å². The number of hydrogen-bond donors (Lipinski definition) is 3. The van der Waals surface area contributed by atoms with Crippen LogP contribution in [0, 0.1) is 28.6 Å². The smallest absolute Gasteiger partial charge is 0.317 e. The number of nitrogens with one attached hydrogen (secondary N) is 1. The molecule has 158 valence electrons. The van der Waals surface area contributed by atoms with Crippen LogP contribution in [0.15, 0.2) is 0 Å². The summed E-state index contributed by atoms with van der Waals surface area (Å²) in [7, 11) is 0. The van der Waals surface area contributed by atoms with Crippen LogP contribution in [0.1, 0.15) is 40.5 Å². The molecule has 1 aliphatic carbocycles. The first-order valence-corrected chi connectivity index (χ1v) is 9.97. The van der Waals surface area contributed by atoms with E-state index in [0.717, 1.165) is 19.4 Å². The van der Waals surface area contributed by atoms with Gasteiger partial charge in [0.2, 0.25) is 5.91 Å². The summed E-state index contributed by atoms with van der Waals surface area (Å²) < 4.78 is 6.31. The van der Waals surface area contributed by atoms with Crippen LogP contribution in [0.4, 0.5) is 0 Å². The molecule has 1 spiro atoms. The van der Waals surface area contributed by atoms with Gasteiger partial charge in [-0.1, -0.05) is 27.7 Å². The second-order valence-corrected chi connectivity index (χ2v) is 9.82. The molecular weight excluding hydrogens is 364 g/mol. The molecule has 28 heavy (non-hydrogen) atoms. The van der Waals surface area contributed by atoms with Crippen LogP contribution in [0.3, 0.4) is 0 Å². The Morgan fingerprint density at radius 2 is 1.86 bits per heavy atom. The third-order valence-electron chi connectivity index (χ3n) is 8.01. The second kappa shape index (κ2) is 6.99. The monoisotopic (exact) mass is 396 g/mol. The number of rotatable bonds is 5. The van der Waals surface area contributed by atoms with Crippen LogP contribution in [-0.2, 0) is 19.1 Å². The number of likely N-dealkylation sites (tertiary alicyclic amines) is 1. The molecule has 1 saturated carbocycles. The molecule has 4 aliphatic rings. The van der Waals surface area contributed by atoms with Crippen molar-refractivity contribution in [3.8, 4) is 0 Å². The maximum absolute atomic E-state index is 12.7. The molecule has 0 aromatic rings. The molecule has 0 aromatic heterocycles. The van der Waals surface area contributed by atoms with Crippen molar-refractivity contribution in [3.63, 3.8) is 0 Å². The second-order valence-electron chi connectivity index (χ2n) is 9.82. The number of carboxylic acids is 1. The molecule has 3 saturated heterocycles. The molecular formula is C20H32N2O6. The van der Waals surface area contributed by atoms with Crippen molar-refractivity contribution in [2.24, 2.45) is 28.6 Å². The number of hydrogen-bond acceptors (Lipinski definition) is 5. The van der Waals surface area contributed by atoms with E-state index in [-0.39, 0.29) is 47.4 Å². The lowest BCUT2D eigenvalue weighted by Gasteiger charge is -2.29. The van der Waals surface area contributed by atoms with E-state index in [9.17, 15) is 9.59 Å². The van der Waals surface area contributed by atoms with Crippen molar-refractivity contribution in [1.82, 2.24) is 10.2 Å². The summed E-state index contributed by atoms with van der Waals surface area (Å²) >= 11 is 0. The van der Waals surface area contributed by atoms with Gasteiger partial charge in [-0.2, -0.15) is 0 Å². The fourth-order valence-electron chi connectivity index (χ4n) is 6.04. The molecule has 4 fully saturated rings. The Bertz CT molecular complexity index is 649. The molecule has 0 unspecified atom stereocenters. The number of amides is 1. The van der Waals surface area contributed by atoms with Crippen LogP contribution in [0.25, 0.3) is 0 Å². The quantitative estimate of drug-likeness (QED) is 0.595. The van der Waals surface area contributed by atoms with Crippen molar-refractivity contribution in [2.75, 3.05) is 26.2 Å². The predicted octanol–water partition coefficient (Wildman–Crippen LogP) is 1.05. The van der Waals surface area contributed by atoms with Gasteiger partial charge < -0.3 is 20.3 Å². The van der Waals surface area contributed by atoms with E-state index >= 15 is 0 Å². The normalized spacial score (nSPS) is 36.9. The Labute approximate surface area is 165 Å². The highest BCUT2D eigenvalue weighted by Gasteiger charge is 2.68. The minimum absolute atomic E-state index is 0.0507. The first-order chi connectivity index (χ1) is 13.0. The van der Waals surface area contributed by atoms with Crippen LogP contribution in [-0.4, -0.2) is 71.3 Å². The maximum atomic E-state index is 12.7. The van der Waals surface area contributed by atoms with E-state index in [1.54, 1.807) is 0 Å². The van der Waals surface area contributed by atoms with Crippen LogP contribution in [0.2, 0.25) is 0 Å². The third kappa shape index (κ3) is 3.20. The first kappa shape index (κ1) is 21.0. The highest BCUT2D eigenvalue weighted by Crippen LogP contribution is 2.68. The molecule has 8 heteroatoms. The number of nitrogens with zero attached hydrogens (tertiary/aromatic N) is 1. The van der Waals surface area contributed by atoms with E-state index < -0.39 is 5.97 Å². The molecule has 3 heterocycles. The summed E-state index contributed by atoms with van der Waals surface area (Å²) in [5, 5.41) is 19.2. The molecule has 1 amide bonds. The van der Waals surface area contributed by atoms with Crippen molar-refractivity contribution in [2.45, 2.75) is 52.2 Å². The van der Waals surface area contributed by atoms with Crippen LogP contribution < -0.4 is 5.32 Å². The predicted molar refractivity (Wildman–Crippen MR) is 101 cm³/mol. The SMILES string of the molecule is CC1(C)C(C(=O)NC[C@H]2[C@H]3CN(CC(=O)O)C[C@]34CC[C@H]2O4)C1(C)C.O=CO. The van der Waals surface area contributed by atoms with E-state index in [4.69, 9.17) is 19.7 Å². The molecule has 8 nitrogen and oxygen atoms in total. The zero-order valence-electron chi connectivity index (χ0n) is 17.1. The Kier molecular flexibility index (Phi) is 5.25. The fourth-order valence-corrected chi connectivity index (χ4v) is 6.04. The van der Waals surface area contributed by atoms with E-state index in [2.05, 4.69) is 33.0 Å². The van der Waals surface area contributed by atoms with Gasteiger partial charge >= 0.3 is 5.97 Å². The lowest BCUT2D eigenvalue weighted by atomic mass is 9.73. The zero-order chi connectivity index (χ0) is 20.9. The van der Waals surface area contributed by atoms with Crippen molar-refractivity contribution >= 4 is 18.3 Å². The van der Waals surface area contributed by atoms with Crippen molar-refractivity contribution in [1.29, 1.82) is 0 Å². The Morgan fingerprint density at radius 3 is 2.39 bits per heavy atom. The third-order valence-corrected chi connectivity index (χ3v) is 8.01. The Morgan fingerprint density at radius 1 is 1.25 bits per heavy atom. The van der Waals surface area contributed by atoms with Crippen LogP contribution in [0.5, 0.6) is 0 Å². The van der Waals surface area contributed by atoms with Gasteiger partial charge in [0, 0.05) is 37.4 Å². The number of fused-ring (bicyclic) bond motifs is 1. The van der Waals surface area contributed by atoms with Crippen LogP contribution >= 0.6 is 0 Å². The number of carboxylic acid groups (broad SMARTS) is 2. The average molecular weight is 396 g/mol. The summed E-state index contributed by atoms with van der Waals surface area (Å²) in [5.74, 6) is 0.0920. The van der Waals surface area contributed by atoms with Gasteiger partial charge in [0.25, 0.3) is 6.47 Å². The summed E-state index contributed by atoms with van der Waals surface area (Å²) in [6.07, 6.45) is 2.27. The first-order valence-electron chi connectivity index (χ1n) is 9.97. The molecule has 2 bridgehead atoms. The van der Waals surface area contributed by atoms with Gasteiger partial charge in [-0.05, 0) is 23.7 Å². The molecule has 4 rings (SSSR count). The van der Waals surface area contributed by atoms with Crippen molar-refractivity contribution < 1.29 is 29.3 Å². The lowest BCUT2D eigenvalue weighted by molar-refractivity contribution is -0.138. The number of aliphatic carboxylic acids is 1. The van der Waals surface area contributed by atoms with Gasteiger partial charge in [-0.25, -0.2) is 0 Å². The van der Waals surface area contributed by atoms with E-state index in [1.165, 1.54) is 0 Å². The van der Waals surface area contributed by atoms with E-state index in [1.807, 2.05) is 4.90 Å². The Hall–Kier alpha value is -1.67. The highest BCUT2D eigenvalue weighted by molar-refractivity contribution is 5.84. The highest BCUT2D eigenvalue weighted by atomic mass is 16.5. The Balaban J connectivity index is 0.000000706. The zero-order valence-corrected chi connectivity index (χ0v) is 17.1. The topological polar surface area (TPSA) is 116 Å². The number of carbonyl (C=O) groups is 3. The molecule has 4 atom stereocenters. The molecule has 0 radical (unpaired) electrons. The average Bonchev–Trinajstić information content (AvgIpc) is 3.02. The van der Waals surface area contributed by atoms with E-state index in [0.29, 0.717) is 24.9 Å². The summed E-state index contributed by atoms with van der Waals surface area (Å²) in [6, 6.07) is 0. The standard InChI is InChI=1S/C19H30N2O4.CH2O2/c1-17(2)15(18(17,3)4)16(24)20-7-11-12-8-21(9-14(22)23)10-19(12)6-5-13(11)25-19;2-1-3/h11-13,15H,5-10H2,1-4H3,(H,20,24)(H,22,23);1H,(H,2,3)/t11-,12+,13+,19+;/m0./s1. The summed E-state index contributed by atoms with van der Waals surface area (Å²) in [6.45, 7) is 10.6. The largest absolute Gasteiger partial charge is 0.483 e. The van der Waals surface area contributed by atoms with Gasteiger partial charge in [0.1, 0.15) is 0 Å². The van der Waals surface area contributed by atoms with Gasteiger partial charge in [-0.15, -0.1) is 0 Å². The molecule has 3 aliphatic heterocycles. The summed E-state index contributed by atoms with van der Waals surface area (Å²) in [5.41, 5.74) is -0.0715. The van der Waals surface area contributed by atoms with Crippen molar-refractivity contribution in [3.05, 3.63) is 0 Å². The lowest BCUT2D eigenvalue weighted by Crippen LogP contribution is -2.42. The number of carbonyl (C=O) groups excluding carboxylic acids is 1. The minimum atomic E-state index is -0.783.